The molecule has 176 valence electrons. The largest absolute Gasteiger partial charge is 0.446 e. The molecule has 3 heterocycles. The lowest BCUT2D eigenvalue weighted by atomic mass is 10.1. The molecule has 0 N–H and O–H groups in total. The molecule has 0 aliphatic carbocycles. The van der Waals surface area contributed by atoms with E-state index in [2.05, 4.69) is 44.0 Å². The number of ketones is 1. The number of nitrogens with zero attached hydrogens (tertiary/aromatic N) is 5. The van der Waals surface area contributed by atoms with E-state index in [1.807, 2.05) is 24.8 Å². The number of Topliss-reactive ketones (excluding diaryl/α,β-unsaturated/α-hetero) is 1. The van der Waals surface area contributed by atoms with Crippen LogP contribution in [-0.2, 0) is 11.3 Å². The van der Waals surface area contributed by atoms with Gasteiger partial charge in [0.15, 0.2) is 5.78 Å². The summed E-state index contributed by atoms with van der Waals surface area (Å²) in [6.07, 6.45) is 4.60. The fraction of sp³-hybridized carbons (Fsp3) is 0.520. The number of hydrogen-bond acceptors (Lipinski definition) is 7. The molecule has 1 amide bonds. The number of rotatable bonds is 5. The van der Waals surface area contributed by atoms with Gasteiger partial charge in [-0.1, -0.05) is 30.3 Å². The summed E-state index contributed by atoms with van der Waals surface area (Å²) in [6.45, 7) is 9.63. The highest BCUT2D eigenvalue weighted by molar-refractivity contribution is 5.91. The molecule has 1 aromatic carbocycles. The van der Waals surface area contributed by atoms with E-state index in [0.29, 0.717) is 18.8 Å². The Bertz CT molecular complexity index is 932. The van der Waals surface area contributed by atoms with Gasteiger partial charge in [-0.15, -0.1) is 0 Å². The van der Waals surface area contributed by atoms with Gasteiger partial charge in [0, 0.05) is 39.6 Å². The monoisotopic (exact) mass is 451 g/mol. The first-order chi connectivity index (χ1) is 15.9. The highest BCUT2D eigenvalue weighted by Crippen LogP contribution is 2.23. The molecule has 0 unspecified atom stereocenters. The Morgan fingerprint density at radius 2 is 1.67 bits per heavy atom. The molecule has 2 aliphatic rings. The maximum absolute atomic E-state index is 13.0. The van der Waals surface area contributed by atoms with Gasteiger partial charge in [0.2, 0.25) is 0 Å². The zero-order valence-electron chi connectivity index (χ0n) is 19.7. The molecule has 0 bridgehead atoms. The molecular weight excluding hydrogens is 418 g/mol. The third-order valence-corrected chi connectivity index (χ3v) is 6.50. The lowest BCUT2D eigenvalue weighted by Crippen LogP contribution is -2.59. The standard InChI is InChI=1S/C25H33N5O3/c1-18-15-29(24-14-26-23(13-27-24)20(3)31)16-19(2)30(18)25(32)33-22-9-11-28(12-10-22)17-21-7-5-4-6-8-21/h4-8,13-14,18-19,22H,9-12,15-17H2,1-3H3/t18-,19+. The van der Waals surface area contributed by atoms with Crippen LogP contribution in [0.1, 0.15) is 49.7 Å². The number of likely N-dealkylation sites (tertiary alicyclic amines) is 1. The van der Waals surface area contributed by atoms with Gasteiger partial charge < -0.3 is 9.64 Å². The number of carbonyl (C=O) groups is 2. The summed E-state index contributed by atoms with van der Waals surface area (Å²) in [5.41, 5.74) is 1.67. The first-order valence-electron chi connectivity index (χ1n) is 11.7. The van der Waals surface area contributed by atoms with Crippen LogP contribution in [0.3, 0.4) is 0 Å². The number of benzene rings is 1. The predicted molar refractivity (Wildman–Crippen MR) is 126 cm³/mol. The van der Waals surface area contributed by atoms with Gasteiger partial charge in [0.1, 0.15) is 17.6 Å². The summed E-state index contributed by atoms with van der Waals surface area (Å²) in [7, 11) is 0. The topological polar surface area (TPSA) is 78.9 Å². The molecule has 0 radical (unpaired) electrons. The van der Waals surface area contributed by atoms with Crippen LogP contribution in [0, 0.1) is 0 Å². The summed E-state index contributed by atoms with van der Waals surface area (Å²) < 4.78 is 5.93. The van der Waals surface area contributed by atoms with Crippen LogP contribution < -0.4 is 4.90 Å². The van der Waals surface area contributed by atoms with Gasteiger partial charge >= 0.3 is 6.09 Å². The van der Waals surface area contributed by atoms with Crippen molar-refractivity contribution >= 4 is 17.7 Å². The number of amides is 1. The number of piperidine rings is 1. The van der Waals surface area contributed by atoms with Crippen molar-refractivity contribution in [1.82, 2.24) is 19.8 Å². The van der Waals surface area contributed by atoms with Crippen LogP contribution in [0.4, 0.5) is 10.6 Å². The van der Waals surface area contributed by atoms with E-state index >= 15 is 0 Å². The van der Waals surface area contributed by atoms with Crippen molar-refractivity contribution in [2.75, 3.05) is 31.1 Å². The number of ether oxygens (including phenoxy) is 1. The smallest absolute Gasteiger partial charge is 0.410 e. The number of anilines is 1. The van der Waals surface area contributed by atoms with Crippen molar-refractivity contribution in [1.29, 1.82) is 0 Å². The van der Waals surface area contributed by atoms with Gasteiger partial charge in [-0.25, -0.2) is 14.8 Å². The minimum absolute atomic E-state index is 0.0197. The highest BCUT2D eigenvalue weighted by Gasteiger charge is 2.36. The molecule has 4 rings (SSSR count). The number of hydrogen-bond donors (Lipinski definition) is 0. The predicted octanol–water partition coefficient (Wildman–Crippen LogP) is 3.38. The van der Waals surface area contributed by atoms with Crippen LogP contribution in [-0.4, -0.2) is 76.0 Å². The number of piperazine rings is 1. The molecule has 8 heteroatoms. The second-order valence-electron chi connectivity index (χ2n) is 9.17. The van der Waals surface area contributed by atoms with E-state index in [-0.39, 0.29) is 30.1 Å². The number of aromatic nitrogens is 2. The lowest BCUT2D eigenvalue weighted by molar-refractivity contribution is 0.0100. The van der Waals surface area contributed by atoms with Crippen molar-refractivity contribution in [2.45, 2.75) is 58.3 Å². The lowest BCUT2D eigenvalue weighted by Gasteiger charge is -2.44. The maximum atomic E-state index is 13.0. The highest BCUT2D eigenvalue weighted by atomic mass is 16.6. The van der Waals surface area contributed by atoms with Crippen LogP contribution in [0.2, 0.25) is 0 Å². The van der Waals surface area contributed by atoms with Crippen molar-refractivity contribution in [3.63, 3.8) is 0 Å². The quantitative estimate of drug-likeness (QED) is 0.645. The van der Waals surface area contributed by atoms with Crippen LogP contribution in [0.25, 0.3) is 0 Å². The summed E-state index contributed by atoms with van der Waals surface area (Å²) in [5, 5.41) is 0. The minimum Gasteiger partial charge on any atom is -0.446 e. The zero-order chi connectivity index (χ0) is 23.4. The molecule has 1 aromatic heterocycles. The van der Waals surface area contributed by atoms with E-state index in [0.717, 1.165) is 38.3 Å². The van der Waals surface area contributed by atoms with Crippen LogP contribution in [0.5, 0.6) is 0 Å². The SMILES string of the molecule is CC(=O)c1cnc(N2C[C@@H](C)N(C(=O)OC3CCN(Cc4ccccc4)CC3)[C@@H](C)C2)cn1. The van der Waals surface area contributed by atoms with Crippen molar-refractivity contribution in [3.8, 4) is 0 Å². The number of carbonyl (C=O) groups excluding carboxylic acids is 2. The third-order valence-electron chi connectivity index (χ3n) is 6.50. The first kappa shape index (κ1) is 23.2. The minimum atomic E-state index is -0.228. The van der Waals surface area contributed by atoms with Crippen LogP contribution >= 0.6 is 0 Å². The van der Waals surface area contributed by atoms with E-state index in [1.165, 1.54) is 18.7 Å². The Labute approximate surface area is 195 Å². The second-order valence-corrected chi connectivity index (χ2v) is 9.17. The molecule has 0 spiro atoms. The first-order valence-corrected chi connectivity index (χ1v) is 11.7. The van der Waals surface area contributed by atoms with Gasteiger partial charge in [-0.3, -0.25) is 14.6 Å². The van der Waals surface area contributed by atoms with Gasteiger partial charge in [-0.2, -0.15) is 0 Å². The molecule has 2 fully saturated rings. The Kier molecular flexibility index (Phi) is 7.23. The van der Waals surface area contributed by atoms with E-state index in [4.69, 9.17) is 4.74 Å². The van der Waals surface area contributed by atoms with E-state index in [1.54, 1.807) is 6.20 Å². The molecule has 2 aromatic rings. The Morgan fingerprint density at radius 3 is 2.24 bits per heavy atom. The van der Waals surface area contributed by atoms with Gasteiger partial charge in [-0.05, 0) is 32.3 Å². The van der Waals surface area contributed by atoms with Crippen molar-refractivity contribution in [2.24, 2.45) is 0 Å². The van der Waals surface area contributed by atoms with Crippen molar-refractivity contribution < 1.29 is 14.3 Å². The van der Waals surface area contributed by atoms with Gasteiger partial charge in [0.05, 0.1) is 24.5 Å². The molecular formula is C25H33N5O3. The average Bonchev–Trinajstić information content (AvgIpc) is 2.80. The zero-order valence-corrected chi connectivity index (χ0v) is 19.7. The summed E-state index contributed by atoms with van der Waals surface area (Å²) in [5.74, 6) is 0.617. The Balaban J connectivity index is 1.28. The van der Waals surface area contributed by atoms with E-state index < -0.39 is 0 Å². The Hall–Kier alpha value is -3.00. The summed E-state index contributed by atoms with van der Waals surface area (Å²) >= 11 is 0. The maximum Gasteiger partial charge on any atom is 0.410 e. The average molecular weight is 452 g/mol. The summed E-state index contributed by atoms with van der Waals surface area (Å²) in [6, 6.07) is 10.4. The normalized spacial score (nSPS) is 22.3. The van der Waals surface area contributed by atoms with Crippen LogP contribution in [0.15, 0.2) is 42.7 Å². The summed E-state index contributed by atoms with van der Waals surface area (Å²) in [4.78, 5) is 39.5. The van der Waals surface area contributed by atoms with E-state index in [9.17, 15) is 9.59 Å². The second kappa shape index (κ2) is 10.3. The molecule has 2 saturated heterocycles. The molecule has 2 aliphatic heterocycles. The third kappa shape index (κ3) is 5.68. The molecule has 8 nitrogen and oxygen atoms in total. The molecule has 0 saturated carbocycles. The van der Waals surface area contributed by atoms with Gasteiger partial charge in [0.25, 0.3) is 0 Å². The Morgan fingerprint density at radius 1 is 1.00 bits per heavy atom. The molecule has 33 heavy (non-hydrogen) atoms. The molecule has 2 atom stereocenters. The fourth-order valence-corrected chi connectivity index (χ4v) is 4.77. The fourth-order valence-electron chi connectivity index (χ4n) is 4.77. The van der Waals surface area contributed by atoms with Crippen molar-refractivity contribution in [3.05, 3.63) is 54.0 Å².